The van der Waals surface area contributed by atoms with Gasteiger partial charge >= 0.3 is 6.18 Å². The third-order valence-electron chi connectivity index (χ3n) is 4.52. The van der Waals surface area contributed by atoms with E-state index in [4.69, 9.17) is 0 Å². The fourth-order valence-electron chi connectivity index (χ4n) is 3.13. The molecule has 136 valence electrons. The molecule has 9 heteroatoms. The molecule has 1 saturated heterocycles. The summed E-state index contributed by atoms with van der Waals surface area (Å²) in [7, 11) is 0. The van der Waals surface area contributed by atoms with E-state index < -0.39 is 11.9 Å². The summed E-state index contributed by atoms with van der Waals surface area (Å²) < 4.78 is 39.9. The molecule has 3 aromatic heterocycles. The highest BCUT2D eigenvalue weighted by molar-refractivity contribution is 5.71. The third kappa shape index (κ3) is 2.98. The van der Waals surface area contributed by atoms with Crippen LogP contribution in [0, 0.1) is 0 Å². The first-order chi connectivity index (χ1) is 12.4. The Morgan fingerprint density at radius 1 is 1.04 bits per heavy atom. The Labute approximate surface area is 147 Å². The summed E-state index contributed by atoms with van der Waals surface area (Å²) in [6.07, 6.45) is 2.73. The van der Waals surface area contributed by atoms with Crippen LogP contribution in [-0.4, -0.2) is 43.7 Å². The second kappa shape index (κ2) is 6.24. The minimum atomic E-state index is -4.46. The maximum absolute atomic E-state index is 12.7. The maximum Gasteiger partial charge on any atom is 0.433 e. The average Bonchev–Trinajstić information content (AvgIpc) is 3.06. The van der Waals surface area contributed by atoms with Crippen molar-refractivity contribution < 1.29 is 18.3 Å². The first kappa shape index (κ1) is 16.8. The third-order valence-corrected chi connectivity index (χ3v) is 4.52. The van der Waals surface area contributed by atoms with Crippen molar-refractivity contribution in [2.45, 2.75) is 25.1 Å². The number of halogens is 3. The number of aliphatic hydroxyl groups is 1. The molecular weight excluding hydrogens is 347 g/mol. The number of nitrogens with zero attached hydrogens (tertiary/aromatic N) is 5. The number of hydrogen-bond donors (Lipinski definition) is 1. The Morgan fingerprint density at radius 3 is 2.46 bits per heavy atom. The molecule has 4 heterocycles. The highest BCUT2D eigenvalue weighted by Crippen LogP contribution is 2.30. The van der Waals surface area contributed by atoms with Gasteiger partial charge < -0.3 is 10.0 Å². The minimum absolute atomic E-state index is 0.292. The van der Waals surface area contributed by atoms with Crippen molar-refractivity contribution in [3.8, 4) is 11.3 Å². The van der Waals surface area contributed by atoms with Crippen molar-refractivity contribution in [1.82, 2.24) is 19.4 Å². The van der Waals surface area contributed by atoms with Crippen LogP contribution in [0.5, 0.6) is 0 Å². The Morgan fingerprint density at radius 2 is 1.81 bits per heavy atom. The number of piperidine rings is 1. The van der Waals surface area contributed by atoms with Gasteiger partial charge in [0.15, 0.2) is 11.5 Å². The van der Waals surface area contributed by atoms with Gasteiger partial charge in [0.05, 0.1) is 18.0 Å². The van der Waals surface area contributed by atoms with Crippen LogP contribution in [-0.2, 0) is 6.18 Å². The maximum atomic E-state index is 12.7. The van der Waals surface area contributed by atoms with Crippen molar-refractivity contribution in [3.05, 3.63) is 42.6 Å². The standard InChI is InChI=1S/C17H16F3N5O/c18-17(19,20)14-2-1-11(9-22-14)13-10-23-16-15(21-5-8-25(13)16)24-6-3-12(26)4-7-24/h1-2,5,8-10,12,26H,3-4,6-7H2. The summed E-state index contributed by atoms with van der Waals surface area (Å²) in [6, 6.07) is 2.35. The predicted octanol–water partition coefficient (Wildman–Crippen LogP) is 2.77. The van der Waals surface area contributed by atoms with E-state index in [0.717, 1.165) is 6.07 Å². The topological polar surface area (TPSA) is 66.5 Å². The molecule has 0 unspecified atom stereocenters. The zero-order chi connectivity index (χ0) is 18.3. The molecule has 4 rings (SSSR count). The molecule has 0 aromatic carbocycles. The number of aliphatic hydroxyl groups excluding tert-OH is 1. The number of aromatic nitrogens is 4. The van der Waals surface area contributed by atoms with Crippen LogP contribution in [0.2, 0.25) is 0 Å². The van der Waals surface area contributed by atoms with Crippen LogP contribution < -0.4 is 4.90 Å². The lowest BCUT2D eigenvalue weighted by atomic mass is 10.1. The molecule has 26 heavy (non-hydrogen) atoms. The van der Waals surface area contributed by atoms with Crippen molar-refractivity contribution in [2.24, 2.45) is 0 Å². The Bertz CT molecular complexity index is 914. The monoisotopic (exact) mass is 363 g/mol. The van der Waals surface area contributed by atoms with Crippen molar-refractivity contribution in [2.75, 3.05) is 18.0 Å². The highest BCUT2D eigenvalue weighted by Gasteiger charge is 2.32. The number of anilines is 1. The average molecular weight is 363 g/mol. The number of alkyl halides is 3. The Kier molecular flexibility index (Phi) is 4.03. The molecule has 0 saturated carbocycles. The van der Waals surface area contributed by atoms with Crippen LogP contribution in [0.25, 0.3) is 16.9 Å². The lowest BCUT2D eigenvalue weighted by Crippen LogP contribution is -2.36. The van der Waals surface area contributed by atoms with E-state index in [9.17, 15) is 18.3 Å². The molecule has 0 radical (unpaired) electrons. The molecule has 3 aromatic rings. The number of rotatable bonds is 2. The summed E-state index contributed by atoms with van der Waals surface area (Å²) in [5.41, 5.74) is 0.877. The molecule has 0 spiro atoms. The van der Waals surface area contributed by atoms with Gasteiger partial charge in [0.25, 0.3) is 0 Å². The fourth-order valence-corrected chi connectivity index (χ4v) is 3.13. The van der Waals surface area contributed by atoms with Gasteiger partial charge in [0.1, 0.15) is 5.69 Å². The summed E-state index contributed by atoms with van der Waals surface area (Å²) in [6.45, 7) is 1.36. The van der Waals surface area contributed by atoms with Gasteiger partial charge in [-0.2, -0.15) is 13.2 Å². The molecule has 0 aliphatic carbocycles. The van der Waals surface area contributed by atoms with Gasteiger partial charge in [-0.1, -0.05) is 0 Å². The lowest BCUT2D eigenvalue weighted by molar-refractivity contribution is -0.141. The van der Waals surface area contributed by atoms with Gasteiger partial charge in [-0.15, -0.1) is 0 Å². The van der Waals surface area contributed by atoms with E-state index in [1.807, 2.05) is 0 Å². The summed E-state index contributed by atoms with van der Waals surface area (Å²) in [5, 5.41) is 9.66. The fraction of sp³-hybridized carbons (Fsp3) is 0.353. The molecule has 0 amide bonds. The Balaban J connectivity index is 1.71. The van der Waals surface area contributed by atoms with Gasteiger partial charge in [0, 0.05) is 37.2 Å². The van der Waals surface area contributed by atoms with Gasteiger partial charge in [-0.25, -0.2) is 9.97 Å². The number of hydrogen-bond acceptors (Lipinski definition) is 5. The minimum Gasteiger partial charge on any atom is -0.393 e. The van der Waals surface area contributed by atoms with E-state index in [0.29, 0.717) is 48.7 Å². The van der Waals surface area contributed by atoms with Gasteiger partial charge in [-0.3, -0.25) is 9.38 Å². The first-order valence-electron chi connectivity index (χ1n) is 8.22. The van der Waals surface area contributed by atoms with Crippen LogP contribution in [0.3, 0.4) is 0 Å². The molecular formula is C17H16F3N5O. The molecule has 0 atom stereocenters. The Hall–Kier alpha value is -2.68. The largest absolute Gasteiger partial charge is 0.433 e. The molecule has 1 aliphatic rings. The molecule has 6 nitrogen and oxygen atoms in total. The summed E-state index contributed by atoms with van der Waals surface area (Å²) in [5.74, 6) is 0.700. The predicted molar refractivity (Wildman–Crippen MR) is 88.7 cm³/mol. The SMILES string of the molecule is OC1CCN(c2nccn3c(-c4ccc(C(F)(F)F)nc4)cnc23)CC1. The van der Waals surface area contributed by atoms with E-state index in [-0.39, 0.29) is 6.10 Å². The molecule has 1 fully saturated rings. The van der Waals surface area contributed by atoms with Crippen LogP contribution >= 0.6 is 0 Å². The highest BCUT2D eigenvalue weighted by atomic mass is 19.4. The summed E-state index contributed by atoms with van der Waals surface area (Å²) in [4.78, 5) is 14.4. The normalized spacial score (nSPS) is 16.4. The van der Waals surface area contributed by atoms with E-state index in [1.165, 1.54) is 12.3 Å². The van der Waals surface area contributed by atoms with E-state index in [1.54, 1.807) is 23.0 Å². The van der Waals surface area contributed by atoms with Crippen molar-refractivity contribution in [3.63, 3.8) is 0 Å². The molecule has 0 bridgehead atoms. The first-order valence-corrected chi connectivity index (χ1v) is 8.22. The quantitative estimate of drug-likeness (QED) is 0.758. The van der Waals surface area contributed by atoms with Crippen molar-refractivity contribution in [1.29, 1.82) is 0 Å². The zero-order valence-corrected chi connectivity index (χ0v) is 13.7. The number of fused-ring (bicyclic) bond motifs is 1. The van der Waals surface area contributed by atoms with Crippen LogP contribution in [0.4, 0.5) is 19.0 Å². The smallest absolute Gasteiger partial charge is 0.393 e. The second-order valence-corrected chi connectivity index (χ2v) is 6.24. The van der Waals surface area contributed by atoms with Crippen molar-refractivity contribution >= 4 is 11.5 Å². The second-order valence-electron chi connectivity index (χ2n) is 6.24. The lowest BCUT2D eigenvalue weighted by Gasteiger charge is -2.30. The van der Waals surface area contributed by atoms with E-state index >= 15 is 0 Å². The number of imidazole rings is 1. The van der Waals surface area contributed by atoms with Crippen LogP contribution in [0.15, 0.2) is 36.9 Å². The van der Waals surface area contributed by atoms with Gasteiger partial charge in [0.2, 0.25) is 0 Å². The zero-order valence-electron chi connectivity index (χ0n) is 13.7. The van der Waals surface area contributed by atoms with Crippen LogP contribution in [0.1, 0.15) is 18.5 Å². The molecule has 1 N–H and O–H groups in total. The number of pyridine rings is 1. The van der Waals surface area contributed by atoms with Gasteiger partial charge in [-0.05, 0) is 25.0 Å². The van der Waals surface area contributed by atoms with E-state index in [2.05, 4.69) is 19.9 Å². The molecule has 1 aliphatic heterocycles. The summed E-state index contributed by atoms with van der Waals surface area (Å²) >= 11 is 0.